The van der Waals surface area contributed by atoms with Gasteiger partial charge >= 0.3 is 65.3 Å². The molecule has 1 nitrogen and oxygen atoms in total. The van der Waals surface area contributed by atoms with Crippen LogP contribution in [0.4, 0.5) is 0 Å². The van der Waals surface area contributed by atoms with Crippen LogP contribution in [0.15, 0.2) is 18.2 Å². The Morgan fingerprint density at radius 3 is 1.67 bits per heavy atom. The van der Waals surface area contributed by atoms with Crippen LogP contribution in [0.3, 0.4) is 0 Å². The minimum Gasteiger partial charge on any atom is -0.870 e. The van der Waals surface area contributed by atoms with Gasteiger partial charge in [0.25, 0.3) is 0 Å². The summed E-state index contributed by atoms with van der Waals surface area (Å²) >= 11 is 11.6. The van der Waals surface area contributed by atoms with E-state index >= 15 is 0 Å². The van der Waals surface area contributed by atoms with Gasteiger partial charge in [-0.2, -0.15) is 0 Å². The van der Waals surface area contributed by atoms with Gasteiger partial charge in [0, 0.05) is 10.0 Å². The van der Waals surface area contributed by atoms with E-state index in [1.165, 1.54) is 22.7 Å². The Kier molecular flexibility index (Phi) is 10.1. The summed E-state index contributed by atoms with van der Waals surface area (Å²) in [7, 11) is 0. The van der Waals surface area contributed by atoms with Gasteiger partial charge in [-0.05, 0) is 12.1 Å². The SMILES string of the molecule is CC(C)[CH2][Al+][CH2]C(C)C.[O-]c1c(Cl)cccc1Cl. The molecule has 0 saturated carbocycles. The molecule has 1 rings (SSSR count). The second-order valence-electron chi connectivity index (χ2n) is 5.10. The van der Waals surface area contributed by atoms with Gasteiger partial charge in [-0.3, -0.25) is 0 Å². The maximum absolute atomic E-state index is 10.7. The summed E-state index contributed by atoms with van der Waals surface area (Å²) in [5, 5.41) is 14.0. The summed E-state index contributed by atoms with van der Waals surface area (Å²) in [6, 6.07) is 4.65. The Bertz CT molecular complexity index is 312. The summed E-state index contributed by atoms with van der Waals surface area (Å²) in [6.45, 7) is 9.25. The second kappa shape index (κ2) is 9.98. The predicted octanol–water partition coefficient (Wildman–Crippen LogP) is 4.91. The molecule has 0 radical (unpaired) electrons. The molecule has 0 N–H and O–H groups in total. The summed E-state index contributed by atoms with van der Waals surface area (Å²) in [4.78, 5) is 0. The molecule has 1 aromatic rings. The normalized spacial score (nSPS) is 10.0. The van der Waals surface area contributed by atoms with Crippen LogP contribution in [-0.2, 0) is 0 Å². The van der Waals surface area contributed by atoms with Crippen molar-refractivity contribution in [1.29, 1.82) is 0 Å². The number of rotatable bonds is 4. The molecule has 0 saturated heterocycles. The van der Waals surface area contributed by atoms with E-state index in [2.05, 4.69) is 27.7 Å². The van der Waals surface area contributed by atoms with Crippen LogP contribution in [0.2, 0.25) is 20.6 Å². The fourth-order valence-corrected chi connectivity index (χ4v) is 3.17. The van der Waals surface area contributed by atoms with E-state index in [4.69, 9.17) is 23.2 Å². The van der Waals surface area contributed by atoms with E-state index in [9.17, 15) is 5.11 Å². The maximum atomic E-state index is 10.7. The molecular formula is C14H21AlCl2O. The van der Waals surface area contributed by atoms with Gasteiger partial charge in [-0.1, -0.05) is 35.0 Å². The number of hydrogen-bond acceptors (Lipinski definition) is 1. The van der Waals surface area contributed by atoms with E-state index in [1.54, 1.807) is 6.07 Å². The van der Waals surface area contributed by atoms with Crippen LogP contribution in [0.1, 0.15) is 27.7 Å². The molecule has 1 aromatic carbocycles. The molecule has 0 unspecified atom stereocenters. The summed E-state index contributed by atoms with van der Waals surface area (Å²) in [5.41, 5.74) is 0. The average molecular weight is 303 g/mol. The van der Waals surface area contributed by atoms with Crippen LogP contribution in [0.25, 0.3) is 0 Å². The van der Waals surface area contributed by atoms with Crippen molar-refractivity contribution in [3.05, 3.63) is 28.2 Å². The third-order valence-electron chi connectivity index (χ3n) is 2.20. The summed E-state index contributed by atoms with van der Waals surface area (Å²) < 4.78 is 0. The van der Waals surface area contributed by atoms with E-state index in [1.807, 2.05) is 0 Å². The van der Waals surface area contributed by atoms with Crippen LogP contribution in [0, 0.1) is 11.8 Å². The largest absolute Gasteiger partial charge is 0.870 e. The third-order valence-corrected chi connectivity index (χ3v) is 5.34. The van der Waals surface area contributed by atoms with Gasteiger partial charge < -0.3 is 5.11 Å². The van der Waals surface area contributed by atoms with E-state index in [-0.39, 0.29) is 15.8 Å². The standard InChI is InChI=1S/C6H4Cl2O.2C4H9.Al/c7-4-2-1-3-5(8)6(4)9;2*1-4(2)3;/h1-3,9H;2*4H,1H2,2-3H3;/q;;;+1/p-1. The van der Waals surface area contributed by atoms with Gasteiger partial charge in [-0.25, -0.2) is 0 Å². The molecule has 0 bridgehead atoms. The van der Waals surface area contributed by atoms with Gasteiger partial charge in [-0.15, -0.1) is 0 Å². The van der Waals surface area contributed by atoms with E-state index in [0.29, 0.717) is 0 Å². The molecule has 0 spiro atoms. The first-order valence-corrected chi connectivity index (χ1v) is 8.66. The predicted molar refractivity (Wildman–Crippen MR) is 81.0 cm³/mol. The zero-order valence-corrected chi connectivity index (χ0v) is 14.2. The van der Waals surface area contributed by atoms with Crippen molar-refractivity contribution in [1.82, 2.24) is 0 Å². The number of hydrogen-bond donors (Lipinski definition) is 0. The first-order chi connectivity index (χ1) is 8.34. The van der Waals surface area contributed by atoms with E-state index < -0.39 is 0 Å². The zero-order chi connectivity index (χ0) is 14.1. The van der Waals surface area contributed by atoms with Crippen molar-refractivity contribution in [2.75, 3.05) is 0 Å². The summed E-state index contributed by atoms with van der Waals surface area (Å²) in [6.07, 6.45) is 0. The molecule has 0 aliphatic heterocycles. The van der Waals surface area contributed by atoms with Crippen molar-refractivity contribution in [3.8, 4) is 5.75 Å². The number of halogens is 2. The molecule has 0 aliphatic carbocycles. The molecular weight excluding hydrogens is 282 g/mol. The minimum absolute atomic E-state index is 0.169. The maximum Gasteiger partial charge on any atom is 0.0342 e. The Hall–Kier alpha value is 0.132. The van der Waals surface area contributed by atoms with Crippen LogP contribution >= 0.6 is 23.2 Å². The van der Waals surface area contributed by atoms with Gasteiger partial charge in [0.2, 0.25) is 0 Å². The molecule has 0 aromatic heterocycles. The molecule has 0 heterocycles. The topological polar surface area (TPSA) is 23.1 Å². The Morgan fingerprint density at radius 2 is 1.39 bits per heavy atom. The van der Waals surface area contributed by atoms with Crippen molar-refractivity contribution >= 4 is 38.4 Å². The quantitative estimate of drug-likeness (QED) is 0.725. The van der Waals surface area contributed by atoms with E-state index in [0.717, 1.165) is 27.1 Å². The number of para-hydroxylation sites is 1. The molecule has 0 fully saturated rings. The fraction of sp³-hybridized carbons (Fsp3) is 0.571. The Labute approximate surface area is 127 Å². The molecule has 0 aliphatic rings. The van der Waals surface area contributed by atoms with Crippen molar-refractivity contribution in [2.24, 2.45) is 11.8 Å². The van der Waals surface area contributed by atoms with Crippen LogP contribution < -0.4 is 5.11 Å². The van der Waals surface area contributed by atoms with Gasteiger partial charge in [0.1, 0.15) is 0 Å². The first kappa shape index (κ1) is 18.1. The van der Waals surface area contributed by atoms with Gasteiger partial charge in [0.15, 0.2) is 0 Å². The monoisotopic (exact) mass is 302 g/mol. The van der Waals surface area contributed by atoms with Gasteiger partial charge in [0.05, 0.1) is 0 Å². The van der Waals surface area contributed by atoms with Crippen molar-refractivity contribution in [2.45, 2.75) is 38.3 Å². The Morgan fingerprint density at radius 1 is 1.00 bits per heavy atom. The fourth-order valence-electron chi connectivity index (χ4n) is 1.25. The van der Waals surface area contributed by atoms with Crippen LogP contribution in [0.5, 0.6) is 5.75 Å². The zero-order valence-electron chi connectivity index (χ0n) is 11.5. The van der Waals surface area contributed by atoms with Crippen LogP contribution in [-0.4, -0.2) is 15.2 Å². The van der Waals surface area contributed by atoms with Crippen molar-refractivity contribution < 1.29 is 5.11 Å². The summed E-state index contributed by atoms with van der Waals surface area (Å²) in [5.74, 6) is 1.55. The minimum atomic E-state index is -0.305. The molecule has 18 heavy (non-hydrogen) atoms. The molecule has 0 amide bonds. The smallest absolute Gasteiger partial charge is 0.0342 e. The average Bonchev–Trinajstić information content (AvgIpc) is 2.25. The Balaban J connectivity index is 0.000000321. The second-order valence-corrected chi connectivity index (χ2v) is 7.43. The first-order valence-electron chi connectivity index (χ1n) is 6.27. The molecule has 100 valence electrons. The number of benzene rings is 1. The molecule has 0 atom stereocenters. The third kappa shape index (κ3) is 9.11. The van der Waals surface area contributed by atoms with Crippen molar-refractivity contribution in [3.63, 3.8) is 0 Å². The molecule has 4 heteroatoms.